The molecule has 1 rings (SSSR count). The van der Waals surface area contributed by atoms with Gasteiger partial charge >= 0.3 is 12.0 Å². The van der Waals surface area contributed by atoms with Gasteiger partial charge in [0.1, 0.15) is 0 Å². The minimum atomic E-state index is -0.344. The lowest BCUT2D eigenvalue weighted by Gasteiger charge is -2.27. The smallest absolute Gasteiger partial charge is 0.337 e. The van der Waals surface area contributed by atoms with Gasteiger partial charge in [0.15, 0.2) is 0 Å². The van der Waals surface area contributed by atoms with Crippen LogP contribution in [0, 0.1) is 0 Å². The third-order valence-electron chi connectivity index (χ3n) is 2.95. The van der Waals surface area contributed by atoms with E-state index in [1.165, 1.54) is 0 Å². The van der Waals surface area contributed by atoms with Crippen molar-refractivity contribution in [1.82, 2.24) is 10.6 Å². The Morgan fingerprint density at radius 2 is 2.06 bits per heavy atom. The summed E-state index contributed by atoms with van der Waals surface area (Å²) >= 11 is 0. The number of esters is 1. The van der Waals surface area contributed by atoms with Crippen molar-refractivity contribution >= 4 is 12.0 Å². The highest BCUT2D eigenvalue weighted by molar-refractivity contribution is 5.94. The lowest BCUT2D eigenvalue weighted by atomic mass is 9.97. The molecular weight excluding hydrogens is 232 g/mol. The summed E-state index contributed by atoms with van der Waals surface area (Å²) in [6.07, 6.45) is 3.95. The van der Waals surface area contributed by atoms with Gasteiger partial charge in [-0.15, -0.1) is 0 Å². The second-order valence-corrected chi connectivity index (χ2v) is 4.41. The standard InChI is InChI=1S/C13H22N2O3/c1-4-6-7-8-10-11(12(16)18-5-2)9(3)14-13(17)15-10/h10H,4-8H2,1-3H3,(H2,14,15,17)/t10-/m0/s1. The predicted octanol–water partition coefficient (Wildman–Crippen LogP) is 2.09. The van der Waals surface area contributed by atoms with Crippen LogP contribution in [-0.4, -0.2) is 24.6 Å². The van der Waals surface area contributed by atoms with Crippen LogP contribution >= 0.6 is 0 Å². The number of nitrogens with one attached hydrogen (secondary N) is 2. The Labute approximate surface area is 108 Å². The molecule has 1 aliphatic rings. The summed E-state index contributed by atoms with van der Waals surface area (Å²) < 4.78 is 5.04. The van der Waals surface area contributed by atoms with Crippen molar-refractivity contribution in [3.8, 4) is 0 Å². The van der Waals surface area contributed by atoms with E-state index in [9.17, 15) is 9.59 Å². The molecule has 102 valence electrons. The van der Waals surface area contributed by atoms with Gasteiger partial charge in [0.25, 0.3) is 0 Å². The van der Waals surface area contributed by atoms with Gasteiger partial charge in [-0.2, -0.15) is 0 Å². The molecule has 2 N–H and O–H groups in total. The third kappa shape index (κ3) is 3.75. The lowest BCUT2D eigenvalue weighted by Crippen LogP contribution is -2.49. The van der Waals surface area contributed by atoms with E-state index < -0.39 is 0 Å². The van der Waals surface area contributed by atoms with Crippen LogP contribution in [0.15, 0.2) is 11.3 Å². The number of allylic oxidation sites excluding steroid dienone is 1. The molecule has 0 radical (unpaired) electrons. The Hall–Kier alpha value is -1.52. The van der Waals surface area contributed by atoms with Crippen LogP contribution < -0.4 is 10.6 Å². The average Bonchev–Trinajstić information content (AvgIpc) is 2.28. The summed E-state index contributed by atoms with van der Waals surface area (Å²) in [4.78, 5) is 23.3. The quantitative estimate of drug-likeness (QED) is 0.563. The largest absolute Gasteiger partial charge is 0.463 e. The second kappa shape index (κ2) is 7.03. The molecule has 0 aromatic rings. The number of hydrogen-bond acceptors (Lipinski definition) is 3. The van der Waals surface area contributed by atoms with Gasteiger partial charge in [0, 0.05) is 5.70 Å². The molecule has 1 atom stereocenters. The molecule has 1 aliphatic heterocycles. The van der Waals surface area contributed by atoms with Gasteiger partial charge in [0.05, 0.1) is 18.2 Å². The molecule has 0 saturated heterocycles. The van der Waals surface area contributed by atoms with E-state index in [-0.39, 0.29) is 18.0 Å². The van der Waals surface area contributed by atoms with Crippen molar-refractivity contribution in [2.45, 2.75) is 52.5 Å². The molecule has 2 amide bonds. The number of hydrogen-bond donors (Lipinski definition) is 2. The van der Waals surface area contributed by atoms with Crippen molar-refractivity contribution in [2.75, 3.05) is 6.61 Å². The number of carbonyl (C=O) groups is 2. The Balaban J connectivity index is 2.79. The number of ether oxygens (including phenoxy) is 1. The number of amides is 2. The third-order valence-corrected chi connectivity index (χ3v) is 2.95. The first-order valence-corrected chi connectivity index (χ1v) is 6.55. The van der Waals surface area contributed by atoms with Gasteiger partial charge in [-0.05, 0) is 20.3 Å². The molecule has 1 heterocycles. The van der Waals surface area contributed by atoms with E-state index in [1.807, 2.05) is 0 Å². The monoisotopic (exact) mass is 254 g/mol. The van der Waals surface area contributed by atoms with E-state index in [0.29, 0.717) is 17.9 Å². The molecule has 0 aromatic heterocycles. The van der Waals surface area contributed by atoms with Crippen LogP contribution in [0.1, 0.15) is 46.5 Å². The molecular formula is C13H22N2O3. The first-order chi connectivity index (χ1) is 8.60. The number of carbonyl (C=O) groups excluding carboxylic acids is 2. The zero-order valence-corrected chi connectivity index (χ0v) is 11.3. The number of urea groups is 1. The topological polar surface area (TPSA) is 67.4 Å². The molecule has 5 heteroatoms. The van der Waals surface area contributed by atoms with Crippen LogP contribution in [0.4, 0.5) is 4.79 Å². The maximum Gasteiger partial charge on any atom is 0.337 e. The fraction of sp³-hybridized carbons (Fsp3) is 0.692. The number of unbranched alkanes of at least 4 members (excludes halogenated alkanes) is 2. The molecule has 5 nitrogen and oxygen atoms in total. The van der Waals surface area contributed by atoms with Crippen molar-refractivity contribution < 1.29 is 14.3 Å². The van der Waals surface area contributed by atoms with Gasteiger partial charge in [-0.25, -0.2) is 9.59 Å². The van der Waals surface area contributed by atoms with E-state index >= 15 is 0 Å². The minimum absolute atomic E-state index is 0.232. The van der Waals surface area contributed by atoms with Gasteiger partial charge in [0.2, 0.25) is 0 Å². The molecule has 0 saturated carbocycles. The van der Waals surface area contributed by atoms with E-state index in [0.717, 1.165) is 25.7 Å². The van der Waals surface area contributed by atoms with Crippen LogP contribution in [0.2, 0.25) is 0 Å². The average molecular weight is 254 g/mol. The predicted molar refractivity (Wildman–Crippen MR) is 68.9 cm³/mol. The Bertz CT molecular complexity index is 350. The highest BCUT2D eigenvalue weighted by atomic mass is 16.5. The van der Waals surface area contributed by atoms with Crippen molar-refractivity contribution in [2.24, 2.45) is 0 Å². The molecule has 18 heavy (non-hydrogen) atoms. The van der Waals surface area contributed by atoms with E-state index in [2.05, 4.69) is 17.6 Å². The summed E-state index contributed by atoms with van der Waals surface area (Å²) in [5.41, 5.74) is 1.14. The van der Waals surface area contributed by atoms with Crippen LogP contribution in [0.25, 0.3) is 0 Å². The Kier molecular flexibility index (Phi) is 5.68. The normalized spacial score (nSPS) is 19.3. The summed E-state index contributed by atoms with van der Waals surface area (Å²) in [5.74, 6) is -0.344. The first kappa shape index (κ1) is 14.5. The highest BCUT2D eigenvalue weighted by Gasteiger charge is 2.30. The van der Waals surface area contributed by atoms with Crippen LogP contribution in [-0.2, 0) is 9.53 Å². The molecule has 0 unspecified atom stereocenters. The molecule has 0 fully saturated rings. The zero-order valence-electron chi connectivity index (χ0n) is 11.3. The second-order valence-electron chi connectivity index (χ2n) is 4.41. The fourth-order valence-corrected chi connectivity index (χ4v) is 2.08. The summed E-state index contributed by atoms with van der Waals surface area (Å²) in [6, 6.07) is -0.480. The van der Waals surface area contributed by atoms with Gasteiger partial charge in [-0.1, -0.05) is 26.2 Å². The number of rotatable bonds is 6. The summed E-state index contributed by atoms with van der Waals surface area (Å²) in [5, 5.41) is 5.40. The van der Waals surface area contributed by atoms with Crippen LogP contribution in [0.3, 0.4) is 0 Å². The molecule has 0 aliphatic carbocycles. The lowest BCUT2D eigenvalue weighted by molar-refractivity contribution is -0.139. The SMILES string of the molecule is CCCCC[C@@H]1NC(=O)NC(C)=C1C(=O)OCC. The van der Waals surface area contributed by atoms with Gasteiger partial charge < -0.3 is 15.4 Å². The zero-order chi connectivity index (χ0) is 13.5. The van der Waals surface area contributed by atoms with Gasteiger partial charge in [-0.3, -0.25) is 0 Å². The van der Waals surface area contributed by atoms with E-state index in [4.69, 9.17) is 4.74 Å². The maximum absolute atomic E-state index is 11.9. The van der Waals surface area contributed by atoms with Crippen molar-refractivity contribution in [3.63, 3.8) is 0 Å². The minimum Gasteiger partial charge on any atom is -0.463 e. The van der Waals surface area contributed by atoms with Crippen molar-refractivity contribution in [1.29, 1.82) is 0 Å². The van der Waals surface area contributed by atoms with E-state index in [1.54, 1.807) is 13.8 Å². The summed E-state index contributed by atoms with van der Waals surface area (Å²) in [6.45, 7) is 5.96. The first-order valence-electron chi connectivity index (χ1n) is 6.55. The van der Waals surface area contributed by atoms with Crippen LogP contribution in [0.5, 0.6) is 0 Å². The van der Waals surface area contributed by atoms with Crippen molar-refractivity contribution in [3.05, 3.63) is 11.3 Å². The fourth-order valence-electron chi connectivity index (χ4n) is 2.08. The molecule has 0 bridgehead atoms. The highest BCUT2D eigenvalue weighted by Crippen LogP contribution is 2.18. The summed E-state index contributed by atoms with van der Waals surface area (Å²) in [7, 11) is 0. The Morgan fingerprint density at radius 3 is 2.67 bits per heavy atom. The molecule has 0 spiro atoms. The Morgan fingerprint density at radius 1 is 1.33 bits per heavy atom. The maximum atomic E-state index is 11.9. The molecule has 0 aromatic carbocycles.